The first-order chi connectivity index (χ1) is 10.2. The smallest absolute Gasteiger partial charge is 0.250 e. The summed E-state index contributed by atoms with van der Waals surface area (Å²) in [6.07, 6.45) is 0.996. The zero-order chi connectivity index (χ0) is 16.5. The van der Waals surface area contributed by atoms with Gasteiger partial charge in [0.25, 0.3) is 5.91 Å². The first-order valence-corrected chi connectivity index (χ1v) is 8.77. The summed E-state index contributed by atoms with van der Waals surface area (Å²) in [4.78, 5) is 11.4. The van der Waals surface area contributed by atoms with E-state index in [2.05, 4.69) is 13.8 Å². The normalized spacial score (nSPS) is 24.3. The highest BCUT2D eigenvalue weighted by Gasteiger charge is 2.45. The van der Waals surface area contributed by atoms with Crippen molar-refractivity contribution in [2.24, 2.45) is 5.73 Å². The van der Waals surface area contributed by atoms with Crippen LogP contribution in [0.2, 0.25) is 0 Å². The molecule has 122 valence electrons. The van der Waals surface area contributed by atoms with Crippen molar-refractivity contribution in [1.82, 2.24) is 4.31 Å². The molecule has 0 bridgehead atoms. The van der Waals surface area contributed by atoms with Crippen molar-refractivity contribution < 1.29 is 18.3 Å². The number of nitrogens with two attached hydrogens (primary N) is 1. The Morgan fingerprint density at radius 2 is 2.00 bits per heavy atom. The number of amides is 1. The number of carbonyl (C=O) groups excluding carboxylic acids is 1. The largest absolute Gasteiger partial charge is 0.379 e. The van der Waals surface area contributed by atoms with E-state index in [1.807, 2.05) is 0 Å². The van der Waals surface area contributed by atoms with Gasteiger partial charge in [0.1, 0.15) is 0 Å². The highest BCUT2D eigenvalue weighted by Crippen LogP contribution is 2.28. The van der Waals surface area contributed by atoms with Crippen LogP contribution in [0.25, 0.3) is 0 Å². The van der Waals surface area contributed by atoms with E-state index in [0.717, 1.165) is 16.3 Å². The average molecular weight is 326 g/mol. The molecule has 2 atom stereocenters. The lowest BCUT2D eigenvalue weighted by Crippen LogP contribution is -2.46. The van der Waals surface area contributed by atoms with Gasteiger partial charge in [-0.25, -0.2) is 8.42 Å². The average Bonchev–Trinajstić information content (AvgIpc) is 2.91. The number of rotatable bonds is 5. The molecule has 0 radical (unpaired) electrons. The second-order valence-corrected chi connectivity index (χ2v) is 7.80. The van der Waals surface area contributed by atoms with Crippen LogP contribution in [0, 0.1) is 0 Å². The molecule has 7 heteroatoms. The quantitative estimate of drug-likeness (QED) is 0.836. The van der Waals surface area contributed by atoms with Gasteiger partial charge in [-0.2, -0.15) is 4.31 Å². The Kier molecular flexibility index (Phi) is 4.60. The number of hydrogen-bond donors (Lipinski definition) is 2. The molecular weight excluding hydrogens is 304 g/mol. The number of nitrogens with zero attached hydrogens (tertiary/aromatic N) is 1. The summed E-state index contributed by atoms with van der Waals surface area (Å²) in [5, 5.41) is 10.0. The summed E-state index contributed by atoms with van der Waals surface area (Å²) in [5.74, 6) is -0.527. The fourth-order valence-corrected chi connectivity index (χ4v) is 4.01. The molecule has 0 saturated carbocycles. The van der Waals surface area contributed by atoms with Gasteiger partial charge in [-0.3, -0.25) is 4.79 Å². The van der Waals surface area contributed by atoms with Crippen molar-refractivity contribution in [3.63, 3.8) is 0 Å². The van der Waals surface area contributed by atoms with Gasteiger partial charge in [0.2, 0.25) is 10.0 Å². The summed E-state index contributed by atoms with van der Waals surface area (Å²) >= 11 is 0. The molecule has 1 fully saturated rings. The predicted molar refractivity (Wildman–Crippen MR) is 82.7 cm³/mol. The highest BCUT2D eigenvalue weighted by molar-refractivity contribution is 7.89. The van der Waals surface area contributed by atoms with Crippen molar-refractivity contribution in [2.75, 3.05) is 13.1 Å². The topological polar surface area (TPSA) is 101 Å². The van der Waals surface area contributed by atoms with Crippen LogP contribution < -0.4 is 5.73 Å². The lowest BCUT2D eigenvalue weighted by atomic mass is 9.99. The van der Waals surface area contributed by atoms with Crippen LogP contribution in [0.15, 0.2) is 29.2 Å². The minimum atomic E-state index is -3.73. The third-order valence-electron chi connectivity index (χ3n) is 4.37. The number of sulfonamides is 1. The number of β-amino-alcohol motifs (C(OH)–C–C–N with tert-alkyl or cyclic N) is 1. The van der Waals surface area contributed by atoms with Gasteiger partial charge in [-0.15, -0.1) is 0 Å². The maximum absolute atomic E-state index is 12.6. The summed E-state index contributed by atoms with van der Waals surface area (Å²) in [7, 11) is -3.73. The monoisotopic (exact) mass is 326 g/mol. The molecule has 3 N–H and O–H groups in total. The third-order valence-corrected chi connectivity index (χ3v) is 6.23. The van der Waals surface area contributed by atoms with Gasteiger partial charge in [-0.05, 0) is 30.0 Å². The third kappa shape index (κ3) is 3.02. The number of hydrogen-bond acceptors (Lipinski definition) is 4. The number of aliphatic hydroxyl groups is 1. The Morgan fingerprint density at radius 3 is 2.45 bits per heavy atom. The Labute approximate surface area is 131 Å². The molecule has 1 aliphatic rings. The van der Waals surface area contributed by atoms with Gasteiger partial charge < -0.3 is 10.8 Å². The van der Waals surface area contributed by atoms with E-state index in [4.69, 9.17) is 5.73 Å². The van der Waals surface area contributed by atoms with E-state index in [0.29, 0.717) is 5.92 Å². The summed E-state index contributed by atoms with van der Waals surface area (Å²) in [6, 6.07) is 6.74. The Hall–Kier alpha value is -1.44. The zero-order valence-corrected chi connectivity index (χ0v) is 13.6. The molecule has 0 aliphatic carbocycles. The molecule has 6 nitrogen and oxygen atoms in total. The molecule has 2 rings (SSSR count). The second kappa shape index (κ2) is 5.98. The van der Waals surface area contributed by atoms with E-state index in [-0.39, 0.29) is 24.4 Å². The molecule has 0 spiro atoms. The van der Waals surface area contributed by atoms with E-state index in [9.17, 15) is 18.3 Å². The van der Waals surface area contributed by atoms with Gasteiger partial charge in [0.15, 0.2) is 5.60 Å². The minimum Gasteiger partial charge on any atom is -0.379 e. The summed E-state index contributed by atoms with van der Waals surface area (Å²) < 4.78 is 26.2. The molecule has 1 saturated heterocycles. The molecule has 1 heterocycles. The Morgan fingerprint density at radius 1 is 1.41 bits per heavy atom. The maximum atomic E-state index is 12.6. The zero-order valence-electron chi connectivity index (χ0n) is 12.8. The Bertz CT molecular complexity index is 657. The van der Waals surface area contributed by atoms with Gasteiger partial charge in [-0.1, -0.05) is 26.0 Å². The van der Waals surface area contributed by atoms with Crippen molar-refractivity contribution in [2.45, 2.75) is 43.1 Å². The predicted octanol–water partition coefficient (Wildman–Crippen LogP) is 0.811. The maximum Gasteiger partial charge on any atom is 0.250 e. The first kappa shape index (κ1) is 16.9. The molecule has 22 heavy (non-hydrogen) atoms. The van der Waals surface area contributed by atoms with Crippen LogP contribution in [-0.2, 0) is 14.8 Å². The number of carbonyl (C=O) groups is 1. The minimum absolute atomic E-state index is 0.0204. The molecule has 1 aliphatic heterocycles. The highest BCUT2D eigenvalue weighted by atomic mass is 32.2. The molecule has 1 aromatic carbocycles. The van der Waals surface area contributed by atoms with Crippen LogP contribution in [0.3, 0.4) is 0 Å². The van der Waals surface area contributed by atoms with Crippen LogP contribution >= 0.6 is 0 Å². The first-order valence-electron chi connectivity index (χ1n) is 7.33. The molecule has 1 aromatic rings. The van der Waals surface area contributed by atoms with Gasteiger partial charge in [0, 0.05) is 13.0 Å². The lowest BCUT2D eigenvalue weighted by Gasteiger charge is -2.20. The van der Waals surface area contributed by atoms with Gasteiger partial charge in [0.05, 0.1) is 11.4 Å². The van der Waals surface area contributed by atoms with Crippen molar-refractivity contribution >= 4 is 15.9 Å². The van der Waals surface area contributed by atoms with Crippen LogP contribution in [0.4, 0.5) is 0 Å². The number of benzene rings is 1. The fourth-order valence-electron chi connectivity index (χ4n) is 2.52. The van der Waals surface area contributed by atoms with E-state index in [1.165, 1.54) is 0 Å². The van der Waals surface area contributed by atoms with Crippen LogP contribution in [0.1, 0.15) is 38.2 Å². The SMILES string of the molecule is CC[C@@H](C)c1ccc(S(=O)(=O)N2CC[C@@](O)(C(N)=O)C2)cc1. The van der Waals surface area contributed by atoms with E-state index < -0.39 is 21.5 Å². The lowest BCUT2D eigenvalue weighted by molar-refractivity contribution is -0.134. The standard InChI is InChI=1S/C15H22N2O4S/c1-3-11(2)12-4-6-13(7-5-12)22(20,21)17-9-8-15(19,10-17)14(16)18/h4-7,11,19H,3,8-10H2,1-2H3,(H2,16,18)/t11-,15+/m1/s1. The molecule has 0 unspecified atom stereocenters. The van der Waals surface area contributed by atoms with E-state index >= 15 is 0 Å². The Balaban J connectivity index is 2.23. The summed E-state index contributed by atoms with van der Waals surface area (Å²) in [6.45, 7) is 3.94. The summed E-state index contributed by atoms with van der Waals surface area (Å²) in [5.41, 5.74) is 4.44. The van der Waals surface area contributed by atoms with Crippen molar-refractivity contribution in [3.8, 4) is 0 Å². The van der Waals surface area contributed by atoms with Crippen LogP contribution in [0.5, 0.6) is 0 Å². The number of primary amides is 1. The second-order valence-electron chi connectivity index (χ2n) is 5.86. The van der Waals surface area contributed by atoms with Crippen molar-refractivity contribution in [1.29, 1.82) is 0 Å². The van der Waals surface area contributed by atoms with E-state index in [1.54, 1.807) is 24.3 Å². The van der Waals surface area contributed by atoms with Crippen molar-refractivity contribution in [3.05, 3.63) is 29.8 Å². The van der Waals surface area contributed by atoms with Gasteiger partial charge >= 0.3 is 0 Å². The molecule has 1 amide bonds. The fraction of sp³-hybridized carbons (Fsp3) is 0.533. The van der Waals surface area contributed by atoms with Crippen LogP contribution in [-0.4, -0.2) is 42.4 Å². The molecular formula is C15H22N2O4S. The molecule has 0 aromatic heterocycles.